The Labute approximate surface area is 138 Å². The first-order valence-corrected chi connectivity index (χ1v) is 8.59. The van der Waals surface area contributed by atoms with Gasteiger partial charge in [-0.2, -0.15) is 0 Å². The van der Waals surface area contributed by atoms with Crippen molar-refractivity contribution in [2.45, 2.75) is 51.6 Å². The van der Waals surface area contributed by atoms with Crippen LogP contribution >= 0.6 is 0 Å². The molecule has 3 N–H and O–H groups in total. The summed E-state index contributed by atoms with van der Waals surface area (Å²) in [5.41, 5.74) is 1.66. The van der Waals surface area contributed by atoms with Crippen LogP contribution in [0.1, 0.15) is 54.9 Å². The molecule has 5 heteroatoms. The van der Waals surface area contributed by atoms with Crippen LogP contribution in [0.4, 0.5) is 0 Å². The first kappa shape index (κ1) is 17.5. The molecule has 0 bridgehead atoms. The van der Waals surface area contributed by atoms with Gasteiger partial charge in [0.1, 0.15) is 0 Å². The molecular formula is C18H27N3O2. The molecule has 126 valence electrons. The van der Waals surface area contributed by atoms with Gasteiger partial charge >= 0.3 is 0 Å². The summed E-state index contributed by atoms with van der Waals surface area (Å²) in [6.07, 6.45) is 5.21. The summed E-state index contributed by atoms with van der Waals surface area (Å²) in [4.78, 5) is 24.0. The molecule has 0 aromatic heterocycles. The van der Waals surface area contributed by atoms with E-state index in [1.807, 2.05) is 24.3 Å². The van der Waals surface area contributed by atoms with Gasteiger partial charge in [0.25, 0.3) is 5.91 Å². The van der Waals surface area contributed by atoms with Crippen LogP contribution in [-0.4, -0.2) is 30.9 Å². The maximum atomic E-state index is 12.1. The normalized spacial score (nSPS) is 17.5. The quantitative estimate of drug-likeness (QED) is 0.674. The van der Waals surface area contributed by atoms with Gasteiger partial charge in [-0.05, 0) is 43.5 Å². The summed E-state index contributed by atoms with van der Waals surface area (Å²) >= 11 is 0. The van der Waals surface area contributed by atoms with Gasteiger partial charge in [0.05, 0.1) is 6.04 Å². The number of unbranched alkanes of at least 4 members (excludes halogenated alkanes) is 1. The number of carbonyl (C=O) groups is 2. The van der Waals surface area contributed by atoms with E-state index in [1.54, 1.807) is 0 Å². The zero-order valence-electron chi connectivity index (χ0n) is 13.9. The molecule has 1 aliphatic rings. The van der Waals surface area contributed by atoms with Gasteiger partial charge in [0.15, 0.2) is 0 Å². The Morgan fingerprint density at radius 3 is 2.61 bits per heavy atom. The Hall–Kier alpha value is -1.88. The Morgan fingerprint density at radius 1 is 1.17 bits per heavy atom. The van der Waals surface area contributed by atoms with Crippen LogP contribution in [0.2, 0.25) is 0 Å². The first-order chi connectivity index (χ1) is 11.2. The van der Waals surface area contributed by atoms with E-state index in [-0.39, 0.29) is 17.9 Å². The molecule has 5 nitrogen and oxygen atoms in total. The highest BCUT2D eigenvalue weighted by Crippen LogP contribution is 2.08. The van der Waals surface area contributed by atoms with E-state index in [1.165, 1.54) is 0 Å². The molecule has 2 rings (SSSR count). The molecule has 1 saturated heterocycles. The van der Waals surface area contributed by atoms with E-state index in [2.05, 4.69) is 22.9 Å². The SMILES string of the molecule is CCCCNC(=O)c1ccc(CNC(=O)C2CCCCN2)cc1. The van der Waals surface area contributed by atoms with E-state index >= 15 is 0 Å². The average Bonchev–Trinajstić information content (AvgIpc) is 2.61. The predicted molar refractivity (Wildman–Crippen MR) is 91.2 cm³/mol. The zero-order chi connectivity index (χ0) is 16.5. The molecule has 0 radical (unpaired) electrons. The van der Waals surface area contributed by atoms with Crippen molar-refractivity contribution in [1.82, 2.24) is 16.0 Å². The third-order valence-electron chi connectivity index (χ3n) is 4.13. The Kier molecular flexibility index (Phi) is 7.07. The van der Waals surface area contributed by atoms with E-state index in [0.717, 1.165) is 44.2 Å². The molecule has 1 atom stereocenters. The van der Waals surface area contributed by atoms with Crippen molar-refractivity contribution in [2.24, 2.45) is 0 Å². The minimum absolute atomic E-state index is 0.0413. The summed E-state index contributed by atoms with van der Waals surface area (Å²) < 4.78 is 0. The predicted octanol–water partition coefficient (Wildman–Crippen LogP) is 1.97. The van der Waals surface area contributed by atoms with E-state index in [9.17, 15) is 9.59 Å². The molecule has 1 heterocycles. The lowest BCUT2D eigenvalue weighted by Gasteiger charge is -2.22. The van der Waals surface area contributed by atoms with Gasteiger partial charge in [-0.25, -0.2) is 0 Å². The summed E-state index contributed by atoms with van der Waals surface area (Å²) in [5.74, 6) is 0.0199. The lowest BCUT2D eigenvalue weighted by Crippen LogP contribution is -2.46. The summed E-state index contributed by atoms with van der Waals surface area (Å²) in [5, 5.41) is 9.09. The second-order valence-electron chi connectivity index (χ2n) is 6.03. The Balaban J connectivity index is 1.78. The van der Waals surface area contributed by atoms with E-state index in [0.29, 0.717) is 18.7 Å². The summed E-state index contributed by atoms with van der Waals surface area (Å²) in [7, 11) is 0. The number of rotatable bonds is 7. The molecule has 2 amide bonds. The fraction of sp³-hybridized carbons (Fsp3) is 0.556. The lowest BCUT2D eigenvalue weighted by molar-refractivity contribution is -0.123. The van der Waals surface area contributed by atoms with Crippen LogP contribution in [0.3, 0.4) is 0 Å². The van der Waals surface area contributed by atoms with Gasteiger partial charge in [0.2, 0.25) is 5.91 Å². The third-order valence-corrected chi connectivity index (χ3v) is 4.13. The van der Waals surface area contributed by atoms with Gasteiger partial charge in [-0.1, -0.05) is 31.9 Å². The highest BCUT2D eigenvalue weighted by atomic mass is 16.2. The fourth-order valence-electron chi connectivity index (χ4n) is 2.64. The second kappa shape index (κ2) is 9.30. The molecule has 0 saturated carbocycles. The molecule has 23 heavy (non-hydrogen) atoms. The highest BCUT2D eigenvalue weighted by molar-refractivity contribution is 5.94. The van der Waals surface area contributed by atoms with E-state index in [4.69, 9.17) is 0 Å². The molecule has 0 aliphatic carbocycles. The van der Waals surface area contributed by atoms with Crippen molar-refractivity contribution in [3.8, 4) is 0 Å². The summed E-state index contributed by atoms with van der Waals surface area (Å²) in [6, 6.07) is 7.34. The van der Waals surface area contributed by atoms with Crippen LogP contribution in [0.25, 0.3) is 0 Å². The third kappa shape index (κ3) is 5.67. The molecule has 1 aromatic carbocycles. The van der Waals surface area contributed by atoms with Crippen molar-refractivity contribution < 1.29 is 9.59 Å². The maximum absolute atomic E-state index is 12.1. The fourth-order valence-corrected chi connectivity index (χ4v) is 2.64. The van der Waals surface area contributed by atoms with Gasteiger partial charge in [-0.15, -0.1) is 0 Å². The van der Waals surface area contributed by atoms with Gasteiger partial charge < -0.3 is 16.0 Å². The van der Waals surface area contributed by atoms with Crippen LogP contribution in [0.15, 0.2) is 24.3 Å². The van der Waals surface area contributed by atoms with E-state index < -0.39 is 0 Å². The van der Waals surface area contributed by atoms with Crippen molar-refractivity contribution in [3.05, 3.63) is 35.4 Å². The van der Waals surface area contributed by atoms with Crippen molar-refractivity contribution in [2.75, 3.05) is 13.1 Å². The van der Waals surface area contributed by atoms with Crippen LogP contribution in [-0.2, 0) is 11.3 Å². The number of piperidine rings is 1. The molecule has 1 aromatic rings. The van der Waals surface area contributed by atoms with Crippen molar-refractivity contribution >= 4 is 11.8 Å². The number of amides is 2. The maximum Gasteiger partial charge on any atom is 0.251 e. The van der Waals surface area contributed by atoms with Crippen LogP contribution < -0.4 is 16.0 Å². The zero-order valence-corrected chi connectivity index (χ0v) is 13.9. The van der Waals surface area contributed by atoms with Crippen LogP contribution in [0, 0.1) is 0 Å². The molecule has 1 fully saturated rings. The van der Waals surface area contributed by atoms with Crippen molar-refractivity contribution in [3.63, 3.8) is 0 Å². The smallest absolute Gasteiger partial charge is 0.251 e. The number of hydrogen-bond acceptors (Lipinski definition) is 3. The monoisotopic (exact) mass is 317 g/mol. The van der Waals surface area contributed by atoms with Gasteiger partial charge in [-0.3, -0.25) is 9.59 Å². The molecule has 0 spiro atoms. The Morgan fingerprint density at radius 2 is 1.96 bits per heavy atom. The molecule has 1 unspecified atom stereocenters. The summed E-state index contributed by atoms with van der Waals surface area (Å²) in [6.45, 7) is 4.22. The Bertz CT molecular complexity index is 508. The van der Waals surface area contributed by atoms with Crippen molar-refractivity contribution in [1.29, 1.82) is 0 Å². The molecule has 1 aliphatic heterocycles. The topological polar surface area (TPSA) is 70.2 Å². The standard InChI is InChI=1S/C18H27N3O2/c1-2-3-11-20-17(22)15-9-7-14(8-10-15)13-21-18(23)16-6-4-5-12-19-16/h7-10,16,19H,2-6,11-13H2,1H3,(H,20,22)(H,21,23). The minimum Gasteiger partial charge on any atom is -0.352 e. The van der Waals surface area contributed by atoms with Gasteiger partial charge in [0, 0.05) is 18.7 Å². The highest BCUT2D eigenvalue weighted by Gasteiger charge is 2.19. The van der Waals surface area contributed by atoms with Crippen LogP contribution in [0.5, 0.6) is 0 Å². The number of benzene rings is 1. The first-order valence-electron chi connectivity index (χ1n) is 8.59. The largest absolute Gasteiger partial charge is 0.352 e. The average molecular weight is 317 g/mol. The second-order valence-corrected chi connectivity index (χ2v) is 6.03. The lowest BCUT2D eigenvalue weighted by atomic mass is 10.0. The number of hydrogen-bond donors (Lipinski definition) is 3. The number of nitrogens with one attached hydrogen (secondary N) is 3. The minimum atomic E-state index is -0.0626. The number of carbonyl (C=O) groups excluding carboxylic acids is 2. The molecular weight excluding hydrogens is 290 g/mol.